The van der Waals surface area contributed by atoms with Crippen LogP contribution in [0, 0.1) is 0 Å². The molecule has 0 bridgehead atoms. The van der Waals surface area contributed by atoms with E-state index in [2.05, 4.69) is 0 Å². The Hall–Kier alpha value is -1.69. The molecule has 0 saturated carbocycles. The molecule has 0 saturated heterocycles. The summed E-state index contributed by atoms with van der Waals surface area (Å²) in [6.45, 7) is 7.01. The minimum Gasteiger partial charge on any atom is -0.516 e. The monoisotopic (exact) mass is 336 g/mol. The molecule has 0 aromatic rings. The van der Waals surface area contributed by atoms with Gasteiger partial charge in [0.2, 0.25) is 0 Å². The quantitative estimate of drug-likeness (QED) is 0.468. The van der Waals surface area contributed by atoms with Crippen molar-refractivity contribution in [1.82, 2.24) is 0 Å². The van der Waals surface area contributed by atoms with E-state index in [1.807, 2.05) is 0 Å². The van der Waals surface area contributed by atoms with Crippen LogP contribution in [0.1, 0.15) is 20.8 Å². The van der Waals surface area contributed by atoms with Crippen LogP contribution in [-0.2, 0) is 37.2 Å². The van der Waals surface area contributed by atoms with Gasteiger partial charge < -0.3 is 18.0 Å². The van der Waals surface area contributed by atoms with Crippen LogP contribution in [0.3, 0.4) is 0 Å². The van der Waals surface area contributed by atoms with Gasteiger partial charge in [-0.2, -0.15) is 0 Å². The van der Waals surface area contributed by atoms with E-state index in [1.165, 1.54) is 27.3 Å². The number of carbonyl (C=O) groups excluding carboxylic acids is 4. The second-order valence-corrected chi connectivity index (χ2v) is 12.4. The molecule has 0 rings (SSSR count). The molecule has 0 aliphatic carbocycles. The molecule has 0 radical (unpaired) electrons. The number of ether oxygens (including phenoxy) is 1. The Morgan fingerprint density at radius 1 is 0.905 bits per heavy atom. The van der Waals surface area contributed by atoms with Crippen LogP contribution in [0.4, 0.5) is 0 Å². The fraction of sp³-hybridized carbons (Fsp3) is 0.636. The lowest BCUT2D eigenvalue weighted by Crippen LogP contribution is -2.54. The molecule has 8 nitrogen and oxygen atoms in total. The van der Waals surface area contributed by atoms with E-state index >= 15 is 0 Å². The van der Waals surface area contributed by atoms with Crippen molar-refractivity contribution in [2.45, 2.75) is 39.5 Å². The van der Waals surface area contributed by atoms with Crippen molar-refractivity contribution >= 4 is 41.3 Å². The highest BCUT2D eigenvalue weighted by molar-refractivity contribution is 6.89. The van der Waals surface area contributed by atoms with Crippen molar-refractivity contribution < 1.29 is 37.2 Å². The lowest BCUT2D eigenvalue weighted by molar-refractivity contribution is -0.138. The highest BCUT2D eigenvalue weighted by Gasteiger charge is 2.50. The summed E-state index contributed by atoms with van der Waals surface area (Å²) >= 11 is 0. The van der Waals surface area contributed by atoms with Crippen LogP contribution >= 0.6 is 0 Å². The maximum atomic E-state index is 11.2. The first kappa shape index (κ1) is 19.3. The zero-order valence-electron chi connectivity index (χ0n) is 12.8. The van der Waals surface area contributed by atoms with Gasteiger partial charge in [-0.15, -0.1) is 0 Å². The Morgan fingerprint density at radius 2 is 1.33 bits per heavy atom. The van der Waals surface area contributed by atoms with E-state index in [1.54, 1.807) is 6.55 Å². The van der Waals surface area contributed by atoms with Crippen molar-refractivity contribution in [1.29, 1.82) is 0 Å². The fourth-order valence-corrected chi connectivity index (χ4v) is 11.2. The zero-order chi connectivity index (χ0) is 16.7. The molecule has 0 aromatic carbocycles. The predicted molar refractivity (Wildman–Crippen MR) is 75.4 cm³/mol. The second kappa shape index (κ2) is 7.93. The number of carbonyl (C=O) groups is 4. The van der Waals surface area contributed by atoms with Gasteiger partial charge in [-0.3, -0.25) is 19.2 Å². The summed E-state index contributed by atoms with van der Waals surface area (Å²) in [6, 6.07) is 0. The summed E-state index contributed by atoms with van der Waals surface area (Å²) in [6.07, 6.45) is -0.110. The van der Waals surface area contributed by atoms with Gasteiger partial charge >= 0.3 is 8.56 Å². The van der Waals surface area contributed by atoms with Crippen LogP contribution in [0.2, 0.25) is 18.8 Å². The molecular weight excluding hydrogens is 316 g/mol. The van der Waals surface area contributed by atoms with Gasteiger partial charge in [0.05, 0.1) is 0 Å². The maximum absolute atomic E-state index is 11.2. The van der Waals surface area contributed by atoms with E-state index in [4.69, 9.17) is 18.0 Å². The number of hydrogen-bond acceptors (Lipinski definition) is 8. The molecule has 0 N–H and O–H groups in total. The Kier molecular flexibility index (Phi) is 7.29. The minimum atomic E-state index is -3.24. The van der Waals surface area contributed by atoms with E-state index < -0.39 is 34.8 Å². The van der Waals surface area contributed by atoms with Gasteiger partial charge in [-0.05, 0) is 6.55 Å². The summed E-state index contributed by atoms with van der Waals surface area (Å²) in [5.74, 6) is -1.73. The molecule has 21 heavy (non-hydrogen) atoms. The molecule has 1 atom stereocenters. The van der Waals surface area contributed by atoms with Crippen LogP contribution in [0.25, 0.3) is 0 Å². The maximum Gasteiger partial charge on any atom is 0.461 e. The molecule has 0 spiro atoms. The summed E-state index contributed by atoms with van der Waals surface area (Å²) in [5.41, 5.74) is 0.0760. The topological polar surface area (TPSA) is 105 Å². The molecule has 10 heteroatoms. The smallest absolute Gasteiger partial charge is 0.461 e. The number of rotatable bonds is 8. The van der Waals surface area contributed by atoms with Gasteiger partial charge in [0.1, 0.15) is 6.23 Å². The van der Waals surface area contributed by atoms with E-state index in [-0.39, 0.29) is 18.4 Å². The Balaban J connectivity index is 5.26. The van der Waals surface area contributed by atoms with E-state index in [9.17, 15) is 19.2 Å². The lowest BCUT2D eigenvalue weighted by atomic mass is 10.9. The van der Waals surface area contributed by atoms with Crippen molar-refractivity contribution in [2.24, 2.45) is 0 Å². The largest absolute Gasteiger partial charge is 0.516 e. The standard InChI is InChI=1S/C11H20O8Si2/c1-9(13)17-20(4,7-16-6-12)8-21(5,18-10(2)14)19-11(3)15/h6H,7-8H2,1-5H3. The molecule has 1 unspecified atom stereocenters. The molecule has 0 amide bonds. The fourth-order valence-electron chi connectivity index (χ4n) is 2.05. The summed E-state index contributed by atoms with van der Waals surface area (Å²) in [4.78, 5) is 44.0. The molecule has 120 valence electrons. The SMILES string of the molecule is CC(=O)O[Si](C)(COC=O)C[Si](C)(OC(C)=O)OC(C)=O. The van der Waals surface area contributed by atoms with Crippen molar-refractivity contribution in [3.05, 3.63) is 0 Å². The number of hydrogen-bond donors (Lipinski definition) is 0. The lowest BCUT2D eigenvalue weighted by Gasteiger charge is -2.32. The van der Waals surface area contributed by atoms with Gasteiger partial charge in [0.25, 0.3) is 32.7 Å². The third-order valence-corrected chi connectivity index (χ3v) is 10.8. The third-order valence-electron chi connectivity index (χ3n) is 2.26. The highest BCUT2D eigenvalue weighted by Crippen LogP contribution is 2.24. The molecule has 0 aliphatic rings. The minimum absolute atomic E-state index is 0.0760. The van der Waals surface area contributed by atoms with Crippen molar-refractivity contribution in [3.63, 3.8) is 0 Å². The molecule has 0 aromatic heterocycles. The first-order valence-corrected chi connectivity index (χ1v) is 11.5. The third kappa shape index (κ3) is 8.24. The van der Waals surface area contributed by atoms with Gasteiger partial charge in [-0.25, -0.2) is 0 Å². The predicted octanol–water partition coefficient (Wildman–Crippen LogP) is 0.574. The first-order chi connectivity index (χ1) is 9.52. The average Bonchev–Trinajstić information content (AvgIpc) is 2.21. The highest BCUT2D eigenvalue weighted by atomic mass is 28.4. The molecule has 0 fully saturated rings. The second-order valence-electron chi connectivity index (χ2n) is 4.95. The van der Waals surface area contributed by atoms with Crippen LogP contribution in [-0.4, -0.2) is 47.5 Å². The first-order valence-electron chi connectivity index (χ1n) is 6.16. The van der Waals surface area contributed by atoms with E-state index in [0.29, 0.717) is 0 Å². The molecule has 0 heterocycles. The zero-order valence-corrected chi connectivity index (χ0v) is 14.8. The van der Waals surface area contributed by atoms with Crippen LogP contribution < -0.4 is 0 Å². The summed E-state index contributed by atoms with van der Waals surface area (Å²) in [5, 5.41) is 0. The van der Waals surface area contributed by atoms with Crippen molar-refractivity contribution in [3.8, 4) is 0 Å². The summed E-state index contributed by atoms with van der Waals surface area (Å²) in [7, 11) is -6.14. The molecular formula is C11H20O8Si2. The van der Waals surface area contributed by atoms with Crippen molar-refractivity contribution in [2.75, 3.05) is 6.23 Å². The Morgan fingerprint density at radius 3 is 1.67 bits per heavy atom. The average molecular weight is 336 g/mol. The van der Waals surface area contributed by atoms with Gasteiger partial charge in [0, 0.05) is 33.0 Å². The summed E-state index contributed by atoms with van der Waals surface area (Å²) < 4.78 is 20.3. The van der Waals surface area contributed by atoms with Gasteiger partial charge in [-0.1, -0.05) is 0 Å². The Bertz CT molecular complexity index is 408. The normalized spacial score (nSPS) is 13.6. The Labute approximate surface area is 125 Å². The van der Waals surface area contributed by atoms with E-state index in [0.717, 1.165) is 0 Å². The van der Waals surface area contributed by atoms with Gasteiger partial charge in [0.15, 0.2) is 0 Å². The molecule has 0 aliphatic heterocycles. The van der Waals surface area contributed by atoms with Crippen LogP contribution in [0.5, 0.6) is 0 Å². The van der Waals surface area contributed by atoms with Crippen LogP contribution in [0.15, 0.2) is 0 Å².